The van der Waals surface area contributed by atoms with Gasteiger partial charge in [-0.25, -0.2) is 4.98 Å². The normalized spacial score (nSPS) is 10.6. The highest BCUT2D eigenvalue weighted by molar-refractivity contribution is 7.12. The SMILES string of the molecule is CC(C)c1nc(CCOc2cccc(Cl)c2)sc1C#N. The molecule has 0 bridgehead atoms. The van der Waals surface area contributed by atoms with Crippen molar-refractivity contribution in [2.75, 3.05) is 6.61 Å². The number of hydrogen-bond donors (Lipinski definition) is 0. The molecule has 0 unspecified atom stereocenters. The lowest BCUT2D eigenvalue weighted by atomic mass is 10.1. The van der Waals surface area contributed by atoms with Gasteiger partial charge in [0.1, 0.15) is 16.7 Å². The summed E-state index contributed by atoms with van der Waals surface area (Å²) < 4.78 is 5.63. The largest absolute Gasteiger partial charge is 0.493 e. The maximum absolute atomic E-state index is 9.09. The number of hydrogen-bond acceptors (Lipinski definition) is 4. The Balaban J connectivity index is 1.96. The first-order chi connectivity index (χ1) is 9.60. The van der Waals surface area contributed by atoms with E-state index >= 15 is 0 Å². The van der Waals surface area contributed by atoms with Crippen molar-refractivity contribution in [1.29, 1.82) is 5.26 Å². The third kappa shape index (κ3) is 3.72. The number of ether oxygens (including phenoxy) is 1. The van der Waals surface area contributed by atoms with Crippen LogP contribution in [0, 0.1) is 11.3 Å². The van der Waals surface area contributed by atoms with Gasteiger partial charge in [0.15, 0.2) is 0 Å². The molecule has 0 N–H and O–H groups in total. The molecule has 5 heteroatoms. The number of halogens is 1. The van der Waals surface area contributed by atoms with Crippen LogP contribution in [0.25, 0.3) is 0 Å². The van der Waals surface area contributed by atoms with Crippen molar-refractivity contribution < 1.29 is 4.74 Å². The van der Waals surface area contributed by atoms with Crippen molar-refractivity contribution in [2.45, 2.75) is 26.2 Å². The molecule has 1 aromatic carbocycles. The van der Waals surface area contributed by atoms with E-state index in [0.717, 1.165) is 16.5 Å². The van der Waals surface area contributed by atoms with Gasteiger partial charge < -0.3 is 4.74 Å². The maximum atomic E-state index is 9.09. The highest BCUT2D eigenvalue weighted by atomic mass is 35.5. The van der Waals surface area contributed by atoms with Crippen molar-refractivity contribution in [3.05, 3.63) is 44.9 Å². The molecule has 1 aromatic heterocycles. The van der Waals surface area contributed by atoms with Crippen molar-refractivity contribution in [1.82, 2.24) is 4.98 Å². The second-order valence-corrected chi connectivity index (χ2v) is 6.16. The summed E-state index contributed by atoms with van der Waals surface area (Å²) in [5.41, 5.74) is 0.884. The van der Waals surface area contributed by atoms with Crippen LogP contribution in [-0.4, -0.2) is 11.6 Å². The van der Waals surface area contributed by atoms with Gasteiger partial charge in [-0.15, -0.1) is 11.3 Å². The first kappa shape index (κ1) is 14.8. The van der Waals surface area contributed by atoms with Crippen molar-refractivity contribution in [3.63, 3.8) is 0 Å². The first-order valence-corrected chi connectivity index (χ1v) is 7.57. The smallest absolute Gasteiger partial charge is 0.128 e. The van der Waals surface area contributed by atoms with Gasteiger partial charge in [-0.05, 0) is 24.1 Å². The molecule has 0 fully saturated rings. The molecule has 0 saturated carbocycles. The molecule has 104 valence electrons. The minimum absolute atomic E-state index is 0.267. The summed E-state index contributed by atoms with van der Waals surface area (Å²) in [6.45, 7) is 4.61. The van der Waals surface area contributed by atoms with E-state index in [1.807, 2.05) is 32.0 Å². The molecular weight excluding hydrogens is 292 g/mol. The van der Waals surface area contributed by atoms with E-state index in [-0.39, 0.29) is 5.92 Å². The predicted molar refractivity (Wildman–Crippen MR) is 81.6 cm³/mol. The molecule has 3 nitrogen and oxygen atoms in total. The van der Waals surface area contributed by atoms with Crippen LogP contribution in [0.4, 0.5) is 0 Å². The Hall–Kier alpha value is -1.57. The topological polar surface area (TPSA) is 45.9 Å². The quantitative estimate of drug-likeness (QED) is 0.821. The molecule has 0 aliphatic heterocycles. The second kappa shape index (κ2) is 6.74. The molecule has 0 aliphatic carbocycles. The van der Waals surface area contributed by atoms with E-state index in [2.05, 4.69) is 11.1 Å². The van der Waals surface area contributed by atoms with Gasteiger partial charge in [0.05, 0.1) is 17.3 Å². The Labute approximate surface area is 127 Å². The molecule has 1 heterocycles. The van der Waals surface area contributed by atoms with Crippen LogP contribution < -0.4 is 4.74 Å². The van der Waals surface area contributed by atoms with Crippen molar-refractivity contribution in [3.8, 4) is 11.8 Å². The number of aromatic nitrogens is 1. The highest BCUT2D eigenvalue weighted by Gasteiger charge is 2.13. The number of rotatable bonds is 5. The fraction of sp³-hybridized carbons (Fsp3) is 0.333. The number of nitriles is 1. The minimum atomic E-state index is 0.267. The van der Waals surface area contributed by atoms with E-state index in [9.17, 15) is 0 Å². The highest BCUT2D eigenvalue weighted by Crippen LogP contribution is 2.25. The van der Waals surface area contributed by atoms with Crippen LogP contribution in [0.15, 0.2) is 24.3 Å². The van der Waals surface area contributed by atoms with Crippen molar-refractivity contribution >= 4 is 22.9 Å². The molecule has 2 aromatic rings. The maximum Gasteiger partial charge on any atom is 0.128 e. The van der Waals surface area contributed by atoms with E-state index in [4.69, 9.17) is 21.6 Å². The number of thiazole rings is 1. The van der Waals surface area contributed by atoms with Gasteiger partial charge in [0, 0.05) is 11.4 Å². The monoisotopic (exact) mass is 306 g/mol. The van der Waals surface area contributed by atoms with Crippen LogP contribution in [0.5, 0.6) is 5.75 Å². The van der Waals surface area contributed by atoms with Crippen LogP contribution in [0.2, 0.25) is 5.02 Å². The fourth-order valence-electron chi connectivity index (χ4n) is 1.77. The molecular formula is C15H15ClN2OS. The number of nitrogens with zero attached hydrogens (tertiary/aromatic N) is 2. The van der Waals surface area contributed by atoms with Crippen LogP contribution in [-0.2, 0) is 6.42 Å². The molecule has 0 spiro atoms. The van der Waals surface area contributed by atoms with Crippen LogP contribution in [0.1, 0.15) is 35.3 Å². The Kier molecular flexibility index (Phi) is 4.99. The zero-order valence-corrected chi connectivity index (χ0v) is 13.0. The Bertz CT molecular complexity index is 631. The van der Waals surface area contributed by atoms with E-state index < -0.39 is 0 Å². The molecule has 20 heavy (non-hydrogen) atoms. The summed E-state index contributed by atoms with van der Waals surface area (Å²) in [6, 6.07) is 9.52. The predicted octanol–water partition coefficient (Wildman–Crippen LogP) is 4.41. The van der Waals surface area contributed by atoms with Crippen LogP contribution >= 0.6 is 22.9 Å². The molecule has 0 saturated heterocycles. The lowest BCUT2D eigenvalue weighted by molar-refractivity contribution is 0.321. The van der Waals surface area contributed by atoms with Gasteiger partial charge in [-0.1, -0.05) is 31.5 Å². The fourth-order valence-corrected chi connectivity index (χ4v) is 2.95. The summed E-state index contributed by atoms with van der Waals surface area (Å²) in [5, 5.41) is 10.7. The average molecular weight is 307 g/mol. The van der Waals surface area contributed by atoms with Gasteiger partial charge in [-0.3, -0.25) is 0 Å². The van der Waals surface area contributed by atoms with Gasteiger partial charge in [0.2, 0.25) is 0 Å². The zero-order valence-electron chi connectivity index (χ0n) is 11.4. The van der Waals surface area contributed by atoms with E-state index in [0.29, 0.717) is 22.9 Å². The third-order valence-electron chi connectivity index (χ3n) is 2.73. The molecule has 0 radical (unpaired) electrons. The summed E-state index contributed by atoms with van der Waals surface area (Å²) in [7, 11) is 0. The number of benzene rings is 1. The average Bonchev–Trinajstić information content (AvgIpc) is 2.82. The first-order valence-electron chi connectivity index (χ1n) is 6.38. The van der Waals surface area contributed by atoms with E-state index in [1.54, 1.807) is 6.07 Å². The summed E-state index contributed by atoms with van der Waals surface area (Å²) in [6.07, 6.45) is 0.693. The second-order valence-electron chi connectivity index (χ2n) is 4.64. The van der Waals surface area contributed by atoms with Gasteiger partial charge in [0.25, 0.3) is 0 Å². The lowest BCUT2D eigenvalue weighted by Gasteiger charge is -2.04. The molecule has 0 amide bonds. The summed E-state index contributed by atoms with van der Waals surface area (Å²) in [5.74, 6) is 1.02. The summed E-state index contributed by atoms with van der Waals surface area (Å²) in [4.78, 5) is 5.23. The lowest BCUT2D eigenvalue weighted by Crippen LogP contribution is -2.01. The van der Waals surface area contributed by atoms with Crippen LogP contribution in [0.3, 0.4) is 0 Å². The van der Waals surface area contributed by atoms with Crippen molar-refractivity contribution in [2.24, 2.45) is 0 Å². The standard InChI is InChI=1S/C15H15ClN2OS/c1-10(2)15-13(9-17)20-14(18-15)6-7-19-12-5-3-4-11(16)8-12/h3-5,8,10H,6-7H2,1-2H3. The Morgan fingerprint density at radius 1 is 1.45 bits per heavy atom. The third-order valence-corrected chi connectivity index (χ3v) is 4.00. The Morgan fingerprint density at radius 2 is 2.25 bits per heavy atom. The van der Waals surface area contributed by atoms with Gasteiger partial charge in [-0.2, -0.15) is 5.26 Å². The summed E-state index contributed by atoms with van der Waals surface area (Å²) >= 11 is 7.34. The zero-order chi connectivity index (χ0) is 14.5. The van der Waals surface area contributed by atoms with E-state index in [1.165, 1.54) is 11.3 Å². The molecule has 2 rings (SSSR count). The Morgan fingerprint density at radius 3 is 2.85 bits per heavy atom. The molecule has 0 aliphatic rings. The van der Waals surface area contributed by atoms with Gasteiger partial charge >= 0.3 is 0 Å². The molecule has 0 atom stereocenters. The minimum Gasteiger partial charge on any atom is -0.493 e.